The van der Waals surface area contributed by atoms with E-state index in [9.17, 15) is 9.59 Å². The SMILES string of the molecule is COC(=O)Cl.COC(=O)Cl.O=C(O)Cl.O=C(O)Cl.O=C(O)Cl.O=C(O)Cl. The second kappa shape index (κ2) is 34.8. The molecular weight excluding hydrogens is 501 g/mol. The molecule has 0 unspecified atom stereocenters. The average Bonchev–Trinajstić information content (AvgIpc) is 2.36. The topological polar surface area (TPSA) is 202 Å². The van der Waals surface area contributed by atoms with Crippen LogP contribution in [0.4, 0.5) is 28.8 Å². The molecule has 18 heteroatoms. The van der Waals surface area contributed by atoms with Gasteiger partial charge in [0.05, 0.1) is 14.2 Å². The number of hydrogen-bond acceptors (Lipinski definition) is 8. The third kappa shape index (κ3) is 1600. The molecule has 26 heavy (non-hydrogen) atoms. The number of carbonyl (C=O) groups is 6. The molecule has 0 aliphatic rings. The fraction of sp³-hybridized carbons (Fsp3) is 0.250. The smallest absolute Gasteiger partial charge is 0.403 e. The van der Waals surface area contributed by atoms with Crippen LogP contribution in [0.15, 0.2) is 0 Å². The molecule has 0 aromatic rings. The van der Waals surface area contributed by atoms with Crippen LogP contribution in [-0.4, -0.2) is 67.2 Å². The van der Waals surface area contributed by atoms with Gasteiger partial charge in [0.1, 0.15) is 0 Å². The lowest BCUT2D eigenvalue weighted by Crippen LogP contribution is -1.80. The van der Waals surface area contributed by atoms with Crippen molar-refractivity contribution in [2.75, 3.05) is 14.2 Å². The van der Waals surface area contributed by atoms with Gasteiger partial charge in [-0.25, -0.2) is 28.8 Å². The van der Waals surface area contributed by atoms with Gasteiger partial charge in [-0.1, -0.05) is 0 Å². The van der Waals surface area contributed by atoms with Gasteiger partial charge in [0.25, 0.3) is 0 Å². The second-order valence-corrected chi connectivity index (χ2v) is 3.81. The van der Waals surface area contributed by atoms with Gasteiger partial charge in [0.15, 0.2) is 0 Å². The summed E-state index contributed by atoms with van der Waals surface area (Å²) in [7, 11) is 2.44. The van der Waals surface area contributed by atoms with Crippen molar-refractivity contribution in [1.82, 2.24) is 0 Å². The van der Waals surface area contributed by atoms with Crippen molar-refractivity contribution >= 4 is 102 Å². The van der Waals surface area contributed by atoms with Crippen LogP contribution in [0, 0.1) is 0 Å². The Balaban J connectivity index is -0.0000000463. The first kappa shape index (κ1) is 39.6. The van der Waals surface area contributed by atoms with E-state index < -0.39 is 32.6 Å². The zero-order valence-corrected chi connectivity index (χ0v) is 16.9. The average molecular weight is 511 g/mol. The lowest BCUT2D eigenvalue weighted by molar-refractivity contribution is 0.198. The van der Waals surface area contributed by atoms with Gasteiger partial charge in [-0.05, 0) is 0 Å². The molecule has 0 radical (unpaired) electrons. The number of carbonyl (C=O) groups excluding carboxylic acids is 2. The highest BCUT2D eigenvalue weighted by Gasteiger charge is 1.81. The molecule has 0 aliphatic carbocycles. The van der Waals surface area contributed by atoms with Crippen molar-refractivity contribution in [3.05, 3.63) is 0 Å². The molecule has 0 aliphatic heterocycles. The highest BCUT2D eigenvalue weighted by molar-refractivity contribution is 6.62. The second-order valence-electron chi connectivity index (χ2n) is 1.90. The Morgan fingerprint density at radius 1 is 0.500 bits per heavy atom. The molecule has 0 amide bonds. The number of hydrogen-bond donors (Lipinski definition) is 4. The molecule has 0 spiro atoms. The molecule has 156 valence electrons. The minimum Gasteiger partial charge on any atom is -0.469 e. The van der Waals surface area contributed by atoms with Gasteiger partial charge in [-0.3, -0.25) is 0 Å². The zero-order chi connectivity index (χ0) is 22.9. The van der Waals surface area contributed by atoms with Crippen LogP contribution in [-0.2, 0) is 9.47 Å². The molecule has 0 atom stereocenters. The van der Waals surface area contributed by atoms with E-state index >= 15 is 0 Å². The van der Waals surface area contributed by atoms with Crippen LogP contribution in [0.2, 0.25) is 0 Å². The van der Waals surface area contributed by atoms with Gasteiger partial charge in [0.2, 0.25) is 0 Å². The molecule has 0 fully saturated rings. The quantitative estimate of drug-likeness (QED) is 0.294. The summed E-state index contributed by atoms with van der Waals surface area (Å²) in [6, 6.07) is 0. The summed E-state index contributed by atoms with van der Waals surface area (Å²) in [5.74, 6) is 0. The molecule has 4 N–H and O–H groups in total. The molecule has 0 rings (SSSR count). The lowest BCUT2D eigenvalue weighted by atomic mass is 11.5. The summed E-state index contributed by atoms with van der Waals surface area (Å²) >= 11 is 26.0. The Hall–Kier alpha value is -1.44. The minimum absolute atomic E-state index is 0.773. The Kier molecular flexibility index (Phi) is 53.0. The molecule has 0 bridgehead atoms. The van der Waals surface area contributed by atoms with E-state index in [-0.39, 0.29) is 0 Å². The van der Waals surface area contributed by atoms with Crippen molar-refractivity contribution in [2.24, 2.45) is 0 Å². The van der Waals surface area contributed by atoms with Crippen LogP contribution < -0.4 is 0 Å². The molecule has 0 saturated carbocycles. The van der Waals surface area contributed by atoms with Crippen molar-refractivity contribution in [3.63, 3.8) is 0 Å². The van der Waals surface area contributed by atoms with Gasteiger partial charge in [-0.15, -0.1) is 0 Å². The first-order valence-corrected chi connectivity index (χ1v) is 6.75. The highest BCUT2D eigenvalue weighted by atomic mass is 35.5. The van der Waals surface area contributed by atoms with E-state index in [1.807, 2.05) is 0 Å². The first-order chi connectivity index (χ1) is 11.5. The van der Waals surface area contributed by atoms with Crippen LogP contribution in [0.1, 0.15) is 0 Å². The van der Waals surface area contributed by atoms with E-state index in [0.717, 1.165) is 0 Å². The Bertz CT molecular complexity index is 337. The Morgan fingerprint density at radius 2 is 0.538 bits per heavy atom. The number of ether oxygens (including phenoxy) is 2. The summed E-state index contributed by atoms with van der Waals surface area (Å²) in [5.41, 5.74) is -6.99. The Labute approximate surface area is 175 Å². The summed E-state index contributed by atoms with van der Waals surface area (Å²) < 4.78 is 7.75. The normalized spacial score (nSPS) is 6.46. The zero-order valence-electron chi connectivity index (χ0n) is 12.3. The maximum Gasteiger partial charge on any atom is 0.403 e. The molecule has 0 aromatic heterocycles. The number of halogens is 6. The molecular formula is C8H10Cl6O12. The fourth-order valence-corrected chi connectivity index (χ4v) is 0. The maximum atomic E-state index is 9.36. The monoisotopic (exact) mass is 508 g/mol. The van der Waals surface area contributed by atoms with Crippen molar-refractivity contribution in [3.8, 4) is 0 Å². The number of rotatable bonds is 0. The highest BCUT2D eigenvalue weighted by Crippen LogP contribution is 1.78. The van der Waals surface area contributed by atoms with Crippen LogP contribution in [0.3, 0.4) is 0 Å². The predicted molar refractivity (Wildman–Crippen MR) is 92.0 cm³/mol. The third-order valence-electron chi connectivity index (χ3n) is 0.321. The summed E-state index contributed by atoms with van der Waals surface area (Å²) in [6.45, 7) is 0. The first-order valence-electron chi connectivity index (χ1n) is 4.48. The van der Waals surface area contributed by atoms with Crippen LogP contribution in [0.5, 0.6) is 0 Å². The van der Waals surface area contributed by atoms with Crippen LogP contribution in [0.25, 0.3) is 0 Å². The predicted octanol–water partition coefficient (Wildman–Crippen LogP) is 5.60. The van der Waals surface area contributed by atoms with Gasteiger partial charge in [0, 0.05) is 69.6 Å². The summed E-state index contributed by atoms with van der Waals surface area (Å²) in [6.07, 6.45) is 0. The Morgan fingerprint density at radius 3 is 0.538 bits per heavy atom. The standard InChI is InChI=1S/2C2H3ClO2.4CHClO2/c2*1-5-2(3)4;4*2-1(3)4/h2*1H3;4*(H,3,4). The molecule has 12 nitrogen and oxygen atoms in total. The van der Waals surface area contributed by atoms with Crippen LogP contribution >= 0.6 is 69.6 Å². The van der Waals surface area contributed by atoms with E-state index in [0.29, 0.717) is 0 Å². The maximum absolute atomic E-state index is 9.36. The van der Waals surface area contributed by atoms with E-state index in [4.69, 9.17) is 39.6 Å². The minimum atomic E-state index is -1.36. The van der Waals surface area contributed by atoms with Crippen molar-refractivity contribution in [1.29, 1.82) is 0 Å². The number of methoxy groups -OCH3 is 2. The van der Waals surface area contributed by atoms with E-state index in [2.05, 4.69) is 79.1 Å². The van der Waals surface area contributed by atoms with E-state index in [1.54, 1.807) is 0 Å². The number of carboxylic acid groups (broad SMARTS) is 4. The van der Waals surface area contributed by atoms with Gasteiger partial charge >= 0.3 is 32.6 Å². The van der Waals surface area contributed by atoms with Gasteiger partial charge in [-0.2, -0.15) is 0 Å². The third-order valence-corrected chi connectivity index (χ3v) is 0.630. The van der Waals surface area contributed by atoms with Crippen molar-refractivity contribution < 1.29 is 58.7 Å². The summed E-state index contributed by atoms with van der Waals surface area (Å²) in [5, 5.41) is 28.7. The van der Waals surface area contributed by atoms with E-state index in [1.165, 1.54) is 14.2 Å². The molecule has 0 saturated heterocycles. The molecule has 0 aromatic carbocycles. The fourth-order valence-electron chi connectivity index (χ4n) is 0. The van der Waals surface area contributed by atoms with Crippen molar-refractivity contribution in [2.45, 2.75) is 0 Å². The summed E-state index contributed by atoms with van der Waals surface area (Å²) in [4.78, 5) is 53.8. The lowest BCUT2D eigenvalue weighted by Gasteiger charge is -1.77. The molecule has 0 heterocycles. The van der Waals surface area contributed by atoms with Gasteiger partial charge < -0.3 is 29.9 Å². The largest absolute Gasteiger partial charge is 0.469 e.